The molecule has 0 aliphatic heterocycles. The Kier molecular flexibility index (Phi) is 2.37. The van der Waals surface area contributed by atoms with Crippen LogP contribution in [0.5, 0.6) is 0 Å². The molecule has 1 heterocycles. The highest BCUT2D eigenvalue weighted by atomic mass is 15.4. The summed E-state index contributed by atoms with van der Waals surface area (Å²) in [7, 11) is 0. The van der Waals surface area contributed by atoms with Gasteiger partial charge in [-0.1, -0.05) is 53.2 Å². The van der Waals surface area contributed by atoms with Crippen LogP contribution in [0.2, 0.25) is 0 Å². The average Bonchev–Trinajstić information content (AvgIpc) is 2.83. The maximum atomic E-state index is 8.19. The first-order valence-electron chi connectivity index (χ1n) is 6.30. The molecule has 88 valence electrons. The molecule has 0 N–H and O–H groups in total. The third kappa shape index (κ3) is 2.02. The summed E-state index contributed by atoms with van der Waals surface area (Å²) >= 11 is 0. The van der Waals surface area contributed by atoms with Gasteiger partial charge < -0.3 is 0 Å². The molecule has 0 saturated heterocycles. The molecular weight excluding hydrogens is 222 g/mol. The van der Waals surface area contributed by atoms with Crippen LogP contribution in [0.15, 0.2) is 60.8 Å². The van der Waals surface area contributed by atoms with Crippen molar-refractivity contribution in [3.8, 4) is 16.9 Å². The van der Waals surface area contributed by atoms with Crippen molar-refractivity contribution in [3.63, 3.8) is 0 Å². The summed E-state index contributed by atoms with van der Waals surface area (Å²) < 4.78 is 9.73. The van der Waals surface area contributed by atoms with Crippen molar-refractivity contribution in [1.29, 1.82) is 0 Å². The minimum absolute atomic E-state index is 0.301. The van der Waals surface area contributed by atoms with E-state index >= 15 is 0 Å². The van der Waals surface area contributed by atoms with Crippen molar-refractivity contribution in [2.75, 3.05) is 0 Å². The first-order valence-corrected chi connectivity index (χ1v) is 5.80. The van der Waals surface area contributed by atoms with Crippen LogP contribution in [0.25, 0.3) is 16.9 Å². The van der Waals surface area contributed by atoms with Gasteiger partial charge in [0, 0.05) is 5.56 Å². The van der Waals surface area contributed by atoms with Gasteiger partial charge in [0.25, 0.3) is 0 Å². The molecule has 0 unspecified atom stereocenters. The van der Waals surface area contributed by atoms with Gasteiger partial charge in [0.15, 0.2) is 0 Å². The highest BCUT2D eigenvalue weighted by Crippen LogP contribution is 2.17. The molecule has 0 amide bonds. The SMILES string of the molecule is [2H]c1c(-c2ccc(C)cc2)nnn1-c1ccccc1. The van der Waals surface area contributed by atoms with Gasteiger partial charge in [-0.05, 0) is 19.1 Å². The summed E-state index contributed by atoms with van der Waals surface area (Å²) in [4.78, 5) is 0. The second-order valence-corrected chi connectivity index (χ2v) is 4.16. The van der Waals surface area contributed by atoms with Crippen LogP contribution in [-0.2, 0) is 0 Å². The molecular formula is C15H13N3. The van der Waals surface area contributed by atoms with Crippen LogP contribution < -0.4 is 0 Å². The number of aryl methyl sites for hydroxylation is 1. The maximum Gasteiger partial charge on any atom is 0.113 e. The van der Waals surface area contributed by atoms with Crippen LogP contribution in [-0.4, -0.2) is 15.0 Å². The van der Waals surface area contributed by atoms with E-state index in [0.29, 0.717) is 11.9 Å². The molecule has 3 heteroatoms. The summed E-state index contributed by atoms with van der Waals surface area (Å²) in [6.45, 7) is 2.03. The lowest BCUT2D eigenvalue weighted by atomic mass is 10.1. The van der Waals surface area contributed by atoms with Gasteiger partial charge in [0.2, 0.25) is 0 Å². The third-order valence-corrected chi connectivity index (χ3v) is 2.77. The monoisotopic (exact) mass is 236 g/mol. The van der Waals surface area contributed by atoms with E-state index in [-0.39, 0.29) is 0 Å². The van der Waals surface area contributed by atoms with Crippen LogP contribution in [0.3, 0.4) is 0 Å². The summed E-state index contributed by atoms with van der Waals surface area (Å²) in [5.74, 6) is 0. The number of hydrogen-bond acceptors (Lipinski definition) is 2. The smallest absolute Gasteiger partial charge is 0.113 e. The van der Waals surface area contributed by atoms with Gasteiger partial charge >= 0.3 is 0 Å². The van der Waals surface area contributed by atoms with E-state index in [9.17, 15) is 0 Å². The predicted molar refractivity (Wildman–Crippen MR) is 71.5 cm³/mol. The van der Waals surface area contributed by atoms with Crippen LogP contribution in [0.4, 0.5) is 0 Å². The molecule has 0 bridgehead atoms. The molecule has 0 radical (unpaired) electrons. The molecule has 18 heavy (non-hydrogen) atoms. The number of rotatable bonds is 2. The Balaban J connectivity index is 2.06. The van der Waals surface area contributed by atoms with E-state index in [1.165, 1.54) is 10.2 Å². The van der Waals surface area contributed by atoms with Crippen molar-refractivity contribution in [2.45, 2.75) is 6.92 Å². The molecule has 3 nitrogen and oxygen atoms in total. The number of hydrogen-bond donors (Lipinski definition) is 0. The van der Waals surface area contributed by atoms with Crippen molar-refractivity contribution in [2.24, 2.45) is 0 Å². The number of para-hydroxylation sites is 1. The van der Waals surface area contributed by atoms with Crippen LogP contribution >= 0.6 is 0 Å². The highest BCUT2D eigenvalue weighted by Gasteiger charge is 2.04. The summed E-state index contributed by atoms with van der Waals surface area (Å²) in [6, 6.07) is 17.5. The standard InChI is InChI=1S/C15H13N3/c1-12-7-9-13(10-8-12)15-11-18(17-16-15)14-5-3-2-4-6-14/h2-11H,1H3/i11D. The van der Waals surface area contributed by atoms with E-state index in [1.807, 2.05) is 61.5 Å². The Labute approximate surface area is 107 Å². The fourth-order valence-electron chi connectivity index (χ4n) is 1.75. The average molecular weight is 236 g/mol. The minimum Gasteiger partial charge on any atom is -0.220 e. The van der Waals surface area contributed by atoms with E-state index in [0.717, 1.165) is 11.3 Å². The van der Waals surface area contributed by atoms with Gasteiger partial charge in [0.1, 0.15) is 5.69 Å². The van der Waals surface area contributed by atoms with Gasteiger partial charge in [-0.25, -0.2) is 4.68 Å². The van der Waals surface area contributed by atoms with Gasteiger partial charge in [-0.3, -0.25) is 0 Å². The van der Waals surface area contributed by atoms with Crippen molar-refractivity contribution >= 4 is 0 Å². The van der Waals surface area contributed by atoms with Gasteiger partial charge in [-0.2, -0.15) is 0 Å². The molecule has 3 rings (SSSR count). The van der Waals surface area contributed by atoms with E-state index in [2.05, 4.69) is 10.3 Å². The second-order valence-electron chi connectivity index (χ2n) is 4.16. The largest absolute Gasteiger partial charge is 0.220 e. The zero-order valence-electron chi connectivity index (χ0n) is 11.0. The summed E-state index contributed by atoms with van der Waals surface area (Å²) in [5.41, 5.74) is 3.55. The summed E-state index contributed by atoms with van der Waals surface area (Å²) in [5, 5.41) is 8.18. The molecule has 0 saturated carbocycles. The first kappa shape index (κ1) is 9.59. The lowest BCUT2D eigenvalue weighted by Gasteiger charge is -1.98. The van der Waals surface area contributed by atoms with Crippen LogP contribution in [0.1, 0.15) is 6.93 Å². The van der Waals surface area contributed by atoms with Crippen molar-refractivity contribution in [1.82, 2.24) is 15.0 Å². The van der Waals surface area contributed by atoms with Crippen molar-refractivity contribution in [3.05, 3.63) is 66.3 Å². The number of nitrogens with zero attached hydrogens (tertiary/aromatic N) is 3. The predicted octanol–water partition coefficient (Wildman–Crippen LogP) is 3.24. The Morgan fingerprint density at radius 3 is 2.44 bits per heavy atom. The van der Waals surface area contributed by atoms with Crippen LogP contribution in [0, 0.1) is 6.92 Å². The summed E-state index contributed by atoms with van der Waals surface area (Å²) in [6.07, 6.45) is 0.301. The lowest BCUT2D eigenvalue weighted by Crippen LogP contribution is -1.93. The Morgan fingerprint density at radius 2 is 1.72 bits per heavy atom. The van der Waals surface area contributed by atoms with Crippen molar-refractivity contribution < 1.29 is 1.37 Å². The van der Waals surface area contributed by atoms with Gasteiger partial charge in [0.05, 0.1) is 13.2 Å². The fourth-order valence-corrected chi connectivity index (χ4v) is 1.75. The molecule has 0 atom stereocenters. The Hall–Kier alpha value is -2.42. The molecule has 3 aromatic rings. The van der Waals surface area contributed by atoms with E-state index < -0.39 is 0 Å². The molecule has 1 aromatic heterocycles. The molecule has 0 spiro atoms. The molecule has 2 aromatic carbocycles. The Bertz CT molecular complexity index is 687. The maximum absolute atomic E-state index is 8.19. The molecule has 0 aliphatic carbocycles. The molecule has 0 fully saturated rings. The zero-order chi connectivity index (χ0) is 13.2. The number of benzene rings is 2. The zero-order valence-corrected chi connectivity index (χ0v) is 10.0. The van der Waals surface area contributed by atoms with E-state index in [4.69, 9.17) is 1.37 Å². The number of aromatic nitrogens is 3. The topological polar surface area (TPSA) is 30.7 Å². The normalized spacial score (nSPS) is 11.3. The van der Waals surface area contributed by atoms with Gasteiger partial charge in [-0.15, -0.1) is 5.10 Å². The third-order valence-electron chi connectivity index (χ3n) is 2.77. The highest BCUT2D eigenvalue weighted by molar-refractivity contribution is 5.58. The second kappa shape index (κ2) is 4.45. The first-order chi connectivity index (χ1) is 9.25. The fraction of sp³-hybridized carbons (Fsp3) is 0.0667. The quantitative estimate of drug-likeness (QED) is 0.684. The van der Waals surface area contributed by atoms with E-state index in [1.54, 1.807) is 0 Å². The molecule has 0 aliphatic rings. The lowest BCUT2D eigenvalue weighted by molar-refractivity contribution is 0.804. The minimum atomic E-state index is 0.301. The Morgan fingerprint density at radius 1 is 1.00 bits per heavy atom.